The molecular weight excluding hydrogens is 617 g/mol. The lowest BCUT2D eigenvalue weighted by atomic mass is 9.33. The lowest BCUT2D eigenvalue weighted by Crippen LogP contribution is -2.68. The van der Waals surface area contributed by atoms with Gasteiger partial charge in [0.1, 0.15) is 0 Å². The monoisotopic (exact) mass is 682 g/mol. The number of sulfone groups is 1. The molecule has 7 aliphatic rings. The number of nitrogens with one attached hydrogen (secondary N) is 1. The average molecular weight is 683 g/mol. The minimum atomic E-state index is -2.83. The van der Waals surface area contributed by atoms with E-state index in [9.17, 15) is 13.2 Å². The van der Waals surface area contributed by atoms with Crippen molar-refractivity contribution in [1.82, 2.24) is 10.2 Å². The lowest BCUT2D eigenvalue weighted by molar-refractivity contribution is -0.221. The molecule has 6 nitrogen and oxygen atoms in total. The largest absolute Gasteiger partial charge is 0.466 e. The van der Waals surface area contributed by atoms with E-state index in [0.29, 0.717) is 53.4 Å². The van der Waals surface area contributed by atoms with Gasteiger partial charge in [-0.25, -0.2) is 8.42 Å². The number of allylic oxidation sites excluding steroid dienone is 3. The zero-order valence-electron chi connectivity index (χ0n) is 31.3. The Kier molecular flexibility index (Phi) is 8.96. The molecule has 0 aromatic heterocycles. The summed E-state index contributed by atoms with van der Waals surface area (Å²) in [6.45, 7) is 21.5. The van der Waals surface area contributed by atoms with Gasteiger partial charge in [-0.05, 0) is 140 Å². The van der Waals surface area contributed by atoms with Crippen molar-refractivity contribution < 1.29 is 17.9 Å². The third-order valence-electron chi connectivity index (χ3n) is 16.7. The molecule has 0 radical (unpaired) electrons. The topological polar surface area (TPSA) is 75.7 Å². The molecule has 0 aromatic carbocycles. The summed E-state index contributed by atoms with van der Waals surface area (Å²) in [5, 5.41) is 4.21. The first kappa shape index (κ1) is 35.2. The van der Waals surface area contributed by atoms with Crippen molar-refractivity contribution in [2.45, 2.75) is 125 Å². The highest BCUT2D eigenvalue weighted by Gasteiger charge is 2.70. The van der Waals surface area contributed by atoms with Gasteiger partial charge in [-0.2, -0.15) is 0 Å². The smallest absolute Gasteiger partial charge is 0.312 e. The molecule has 0 aromatic rings. The van der Waals surface area contributed by atoms with E-state index in [-0.39, 0.29) is 22.8 Å². The van der Waals surface area contributed by atoms with Crippen LogP contribution in [0.15, 0.2) is 23.3 Å². The van der Waals surface area contributed by atoms with Crippen LogP contribution in [0.25, 0.3) is 0 Å². The third-order valence-corrected chi connectivity index (χ3v) is 18.3. The standard InChI is InChI=1S/C41H66N2O4S/c1-8-47-36(44)30-10-9-29(27-30)31-14-16-38(5)33(37(31,3)4)15-17-40(7)34(38)12-11-32-35-28(2)13-18-41(35,20-19-39(32,40)6)42-21-22-43-23-25-48(45,46)26-24-43/h14,27-28,30,32-35,42H,8-13,15-26H2,1-7H3. The second-order valence-corrected chi connectivity index (χ2v) is 21.2. The number of rotatable bonds is 7. The second kappa shape index (κ2) is 12.2. The summed E-state index contributed by atoms with van der Waals surface area (Å²) in [4.78, 5) is 15.0. The van der Waals surface area contributed by atoms with Crippen molar-refractivity contribution in [3.63, 3.8) is 0 Å². The zero-order valence-corrected chi connectivity index (χ0v) is 32.2. The second-order valence-electron chi connectivity index (χ2n) is 18.9. The highest BCUT2D eigenvalue weighted by Crippen LogP contribution is 2.76. The number of carbonyl (C=O) groups excluding carboxylic acids is 1. The molecule has 6 aliphatic carbocycles. The number of hydrogen-bond acceptors (Lipinski definition) is 6. The first-order chi connectivity index (χ1) is 22.6. The molecule has 270 valence electrons. The SMILES string of the molecule is CCOC(=O)C1C=C(C2=CCC3(C)C(CCC4(C)C3CCC3C5C(C)CCC5(NCCN5CCS(=O)(=O)CC5)CCC34C)C2(C)C)CC1. The number of ether oxygens (including phenoxy) is 1. The number of fused-ring (bicyclic) bond motifs is 7. The molecule has 0 amide bonds. The first-order valence-corrected chi connectivity index (χ1v) is 21.7. The van der Waals surface area contributed by atoms with E-state index in [0.717, 1.165) is 49.6 Å². The molecule has 4 saturated carbocycles. The summed E-state index contributed by atoms with van der Waals surface area (Å²) in [7, 11) is -2.83. The van der Waals surface area contributed by atoms with Crippen LogP contribution in [-0.2, 0) is 19.4 Å². The van der Waals surface area contributed by atoms with Gasteiger partial charge >= 0.3 is 5.97 Å². The zero-order chi connectivity index (χ0) is 34.3. The van der Waals surface area contributed by atoms with E-state index in [1.54, 1.807) is 0 Å². The molecule has 1 N–H and O–H groups in total. The number of hydrogen-bond donors (Lipinski definition) is 1. The Bertz CT molecular complexity index is 1440. The van der Waals surface area contributed by atoms with Crippen LogP contribution in [0.5, 0.6) is 0 Å². The Hall–Kier alpha value is -1.18. The van der Waals surface area contributed by atoms with Crippen molar-refractivity contribution in [2.24, 2.45) is 57.2 Å². The number of carbonyl (C=O) groups is 1. The molecule has 48 heavy (non-hydrogen) atoms. The van der Waals surface area contributed by atoms with E-state index < -0.39 is 9.84 Å². The maximum atomic E-state index is 12.6. The summed E-state index contributed by atoms with van der Waals surface area (Å²) in [6.07, 6.45) is 18.6. The molecule has 10 atom stereocenters. The quantitative estimate of drug-likeness (QED) is 0.279. The molecule has 5 fully saturated rings. The first-order valence-electron chi connectivity index (χ1n) is 19.9. The van der Waals surface area contributed by atoms with Gasteiger partial charge in [0.05, 0.1) is 24.0 Å². The fraction of sp³-hybridized carbons (Fsp3) is 0.878. The fourth-order valence-electron chi connectivity index (χ4n) is 14.2. The van der Waals surface area contributed by atoms with E-state index in [1.165, 1.54) is 68.9 Å². The molecule has 1 aliphatic heterocycles. The van der Waals surface area contributed by atoms with Gasteiger partial charge in [-0.1, -0.05) is 53.7 Å². The Labute approximate surface area is 292 Å². The van der Waals surface area contributed by atoms with Gasteiger partial charge < -0.3 is 15.0 Å². The summed E-state index contributed by atoms with van der Waals surface area (Å²) in [6, 6.07) is 0. The highest BCUT2D eigenvalue weighted by atomic mass is 32.2. The minimum absolute atomic E-state index is 0.0482. The van der Waals surface area contributed by atoms with Crippen LogP contribution >= 0.6 is 0 Å². The van der Waals surface area contributed by atoms with E-state index in [4.69, 9.17) is 4.74 Å². The molecule has 0 spiro atoms. The van der Waals surface area contributed by atoms with Crippen molar-refractivity contribution in [3.05, 3.63) is 23.3 Å². The van der Waals surface area contributed by atoms with Crippen LogP contribution < -0.4 is 5.32 Å². The molecule has 0 bridgehead atoms. The van der Waals surface area contributed by atoms with Crippen molar-refractivity contribution in [1.29, 1.82) is 0 Å². The maximum Gasteiger partial charge on any atom is 0.312 e. The van der Waals surface area contributed by atoms with Gasteiger partial charge in [0.25, 0.3) is 0 Å². The van der Waals surface area contributed by atoms with Crippen LogP contribution in [0, 0.1) is 57.2 Å². The molecule has 10 unspecified atom stereocenters. The maximum absolute atomic E-state index is 12.6. The summed E-state index contributed by atoms with van der Waals surface area (Å²) < 4.78 is 29.4. The Morgan fingerprint density at radius 1 is 0.938 bits per heavy atom. The summed E-state index contributed by atoms with van der Waals surface area (Å²) in [5.74, 6) is 4.16. The van der Waals surface area contributed by atoms with E-state index in [1.807, 2.05) is 6.92 Å². The Morgan fingerprint density at radius 3 is 2.42 bits per heavy atom. The number of esters is 1. The van der Waals surface area contributed by atoms with Gasteiger partial charge in [0, 0.05) is 31.7 Å². The molecular formula is C41H66N2O4S. The molecule has 7 heteroatoms. The highest BCUT2D eigenvalue weighted by molar-refractivity contribution is 7.91. The lowest BCUT2D eigenvalue weighted by Gasteiger charge is -2.72. The Balaban J connectivity index is 1.10. The van der Waals surface area contributed by atoms with Gasteiger partial charge in [-0.15, -0.1) is 0 Å². The van der Waals surface area contributed by atoms with Gasteiger partial charge in [0.15, 0.2) is 9.84 Å². The van der Waals surface area contributed by atoms with E-state index >= 15 is 0 Å². The van der Waals surface area contributed by atoms with Crippen LogP contribution in [-0.4, -0.2) is 69.1 Å². The van der Waals surface area contributed by atoms with Crippen LogP contribution in [0.4, 0.5) is 0 Å². The minimum Gasteiger partial charge on any atom is -0.466 e. The number of nitrogens with zero attached hydrogens (tertiary/aromatic N) is 1. The predicted octanol–water partition coefficient (Wildman–Crippen LogP) is 7.60. The van der Waals surface area contributed by atoms with Crippen molar-refractivity contribution >= 4 is 15.8 Å². The Morgan fingerprint density at radius 2 is 1.69 bits per heavy atom. The molecule has 7 rings (SSSR count). The van der Waals surface area contributed by atoms with Crippen molar-refractivity contribution in [2.75, 3.05) is 44.3 Å². The third kappa shape index (κ3) is 5.35. The molecule has 1 heterocycles. The van der Waals surface area contributed by atoms with Crippen LogP contribution in [0.1, 0.15) is 119 Å². The van der Waals surface area contributed by atoms with Crippen LogP contribution in [0.3, 0.4) is 0 Å². The predicted molar refractivity (Wildman–Crippen MR) is 194 cm³/mol. The van der Waals surface area contributed by atoms with Gasteiger partial charge in [-0.3, -0.25) is 4.79 Å². The van der Waals surface area contributed by atoms with Crippen LogP contribution in [0.2, 0.25) is 0 Å². The summed E-state index contributed by atoms with van der Waals surface area (Å²) >= 11 is 0. The van der Waals surface area contributed by atoms with Crippen molar-refractivity contribution in [3.8, 4) is 0 Å². The summed E-state index contributed by atoms with van der Waals surface area (Å²) in [5.41, 5.74) is 4.29. The normalized spacial score (nSPS) is 46.4. The fourth-order valence-corrected chi connectivity index (χ4v) is 15.5. The molecule has 1 saturated heterocycles. The van der Waals surface area contributed by atoms with Gasteiger partial charge in [0.2, 0.25) is 0 Å². The average Bonchev–Trinajstić information content (AvgIpc) is 3.64. The van der Waals surface area contributed by atoms with E-state index in [2.05, 4.69) is 63.9 Å².